The lowest BCUT2D eigenvalue weighted by Crippen LogP contribution is -1.98. The van der Waals surface area contributed by atoms with Crippen molar-refractivity contribution in [1.82, 2.24) is 9.97 Å². The lowest BCUT2D eigenvalue weighted by atomic mass is 10.1. The Morgan fingerprint density at radius 1 is 0.760 bits per heavy atom. The number of rotatable bonds is 7. The van der Waals surface area contributed by atoms with E-state index in [-0.39, 0.29) is 0 Å². The van der Waals surface area contributed by atoms with Crippen molar-refractivity contribution in [2.24, 2.45) is 0 Å². The average Bonchev–Trinajstić information content (AvgIpc) is 2.68. The lowest BCUT2D eigenvalue weighted by Gasteiger charge is -2.07. The Morgan fingerprint density at radius 2 is 1.44 bits per heavy atom. The van der Waals surface area contributed by atoms with Crippen LogP contribution < -0.4 is 4.74 Å². The van der Waals surface area contributed by atoms with Crippen molar-refractivity contribution in [2.45, 2.75) is 39.7 Å². The smallest absolute Gasteiger partial charge is 0.232 e. The van der Waals surface area contributed by atoms with Gasteiger partial charge in [-0.05, 0) is 29.5 Å². The quantitative estimate of drug-likeness (QED) is 0.593. The van der Waals surface area contributed by atoms with E-state index in [0.29, 0.717) is 12.5 Å². The van der Waals surface area contributed by atoms with E-state index in [1.54, 1.807) is 12.4 Å². The van der Waals surface area contributed by atoms with Gasteiger partial charge in [-0.15, -0.1) is 0 Å². The number of aryl methyl sites for hydroxylation is 2. The number of nitrogens with zero attached hydrogens (tertiary/aromatic N) is 2. The third-order valence-electron chi connectivity index (χ3n) is 4.23. The molecule has 0 N–H and O–H groups in total. The van der Waals surface area contributed by atoms with Crippen LogP contribution in [0.4, 0.5) is 0 Å². The van der Waals surface area contributed by atoms with Crippen LogP contribution in [0.5, 0.6) is 5.88 Å². The molecule has 0 bridgehead atoms. The minimum Gasteiger partial charge on any atom is -0.472 e. The molecule has 0 saturated heterocycles. The molecule has 3 heteroatoms. The van der Waals surface area contributed by atoms with E-state index in [4.69, 9.17) is 4.74 Å². The Labute approximate surface area is 149 Å². The van der Waals surface area contributed by atoms with Crippen LogP contribution in [0.1, 0.15) is 37.0 Å². The van der Waals surface area contributed by atoms with Gasteiger partial charge in [0.2, 0.25) is 5.88 Å². The molecule has 0 fully saturated rings. The predicted octanol–water partition coefficient (Wildman–Crippen LogP) is 5.24. The molecule has 0 aliphatic rings. The van der Waals surface area contributed by atoms with Gasteiger partial charge in [0.15, 0.2) is 0 Å². The second kappa shape index (κ2) is 8.43. The van der Waals surface area contributed by atoms with Gasteiger partial charge in [0.25, 0.3) is 0 Å². The summed E-state index contributed by atoms with van der Waals surface area (Å²) in [6.07, 6.45) is 6.78. The number of aromatic nitrogens is 2. The van der Waals surface area contributed by atoms with Crippen LogP contribution in [0.3, 0.4) is 0 Å². The Kier molecular flexibility index (Phi) is 5.78. The van der Waals surface area contributed by atoms with Crippen molar-refractivity contribution in [1.29, 1.82) is 0 Å². The van der Waals surface area contributed by atoms with E-state index in [1.165, 1.54) is 17.5 Å². The first kappa shape index (κ1) is 17.2. The molecule has 3 rings (SSSR count). The standard InChI is InChI=1S/C22H24N2O/c1-3-5-18-6-8-19(9-7-18)16-25-22-15-23-21(14-24-22)20-12-10-17(4-2)11-13-20/h6-15H,3-5,16H2,1-2H3. The van der Waals surface area contributed by atoms with E-state index < -0.39 is 0 Å². The normalized spacial score (nSPS) is 10.6. The van der Waals surface area contributed by atoms with Gasteiger partial charge in [-0.25, -0.2) is 9.97 Å². The molecule has 0 radical (unpaired) electrons. The molecule has 3 nitrogen and oxygen atoms in total. The molecule has 0 saturated carbocycles. The number of hydrogen-bond donors (Lipinski definition) is 0. The van der Waals surface area contributed by atoms with Crippen molar-refractivity contribution < 1.29 is 4.74 Å². The van der Waals surface area contributed by atoms with Crippen LogP contribution >= 0.6 is 0 Å². The maximum Gasteiger partial charge on any atom is 0.232 e. The van der Waals surface area contributed by atoms with Crippen LogP contribution in [0.2, 0.25) is 0 Å². The van der Waals surface area contributed by atoms with E-state index in [0.717, 1.165) is 29.7 Å². The minimum absolute atomic E-state index is 0.506. The molecule has 0 atom stereocenters. The molecule has 0 unspecified atom stereocenters. The molecule has 25 heavy (non-hydrogen) atoms. The van der Waals surface area contributed by atoms with Crippen LogP contribution in [0, 0.1) is 0 Å². The highest BCUT2D eigenvalue weighted by Gasteiger charge is 2.03. The molecule has 2 aromatic carbocycles. The van der Waals surface area contributed by atoms with Gasteiger partial charge in [-0.3, -0.25) is 0 Å². The van der Waals surface area contributed by atoms with E-state index in [9.17, 15) is 0 Å². The fourth-order valence-electron chi connectivity index (χ4n) is 2.70. The highest BCUT2D eigenvalue weighted by molar-refractivity contribution is 5.58. The Bertz CT molecular complexity index is 778. The maximum atomic E-state index is 5.75. The van der Waals surface area contributed by atoms with Crippen LogP contribution in [0.25, 0.3) is 11.3 Å². The highest BCUT2D eigenvalue weighted by Crippen LogP contribution is 2.19. The molecule has 3 aromatic rings. The first-order chi connectivity index (χ1) is 12.3. The molecule has 0 aliphatic carbocycles. The van der Waals surface area contributed by atoms with Gasteiger partial charge < -0.3 is 4.74 Å². The van der Waals surface area contributed by atoms with Gasteiger partial charge in [0.05, 0.1) is 18.1 Å². The first-order valence-corrected chi connectivity index (χ1v) is 8.90. The second-order valence-corrected chi connectivity index (χ2v) is 6.15. The van der Waals surface area contributed by atoms with Crippen LogP contribution in [0.15, 0.2) is 60.9 Å². The Balaban J connectivity index is 1.60. The molecular weight excluding hydrogens is 308 g/mol. The molecule has 0 spiro atoms. The fraction of sp³-hybridized carbons (Fsp3) is 0.273. The first-order valence-electron chi connectivity index (χ1n) is 8.90. The SMILES string of the molecule is CCCc1ccc(COc2cnc(-c3ccc(CC)cc3)cn2)cc1. The monoisotopic (exact) mass is 332 g/mol. The summed E-state index contributed by atoms with van der Waals surface area (Å²) in [4.78, 5) is 8.84. The third-order valence-corrected chi connectivity index (χ3v) is 4.23. The number of benzene rings is 2. The summed E-state index contributed by atoms with van der Waals surface area (Å²) in [5.41, 5.74) is 5.76. The zero-order chi connectivity index (χ0) is 17.5. The summed E-state index contributed by atoms with van der Waals surface area (Å²) in [5.74, 6) is 0.548. The van der Waals surface area contributed by atoms with Crippen molar-refractivity contribution in [3.05, 3.63) is 77.6 Å². The zero-order valence-corrected chi connectivity index (χ0v) is 14.9. The summed E-state index contributed by atoms with van der Waals surface area (Å²) < 4.78 is 5.75. The van der Waals surface area contributed by atoms with Gasteiger partial charge in [-0.2, -0.15) is 0 Å². The van der Waals surface area contributed by atoms with E-state index in [1.807, 2.05) is 0 Å². The summed E-state index contributed by atoms with van der Waals surface area (Å²) in [5, 5.41) is 0. The predicted molar refractivity (Wildman–Crippen MR) is 102 cm³/mol. The largest absolute Gasteiger partial charge is 0.472 e. The van der Waals surface area contributed by atoms with Gasteiger partial charge in [0, 0.05) is 5.56 Å². The summed E-state index contributed by atoms with van der Waals surface area (Å²) >= 11 is 0. The number of hydrogen-bond acceptors (Lipinski definition) is 3. The molecule has 128 valence electrons. The van der Waals surface area contributed by atoms with Crippen molar-refractivity contribution in [3.63, 3.8) is 0 Å². The fourth-order valence-corrected chi connectivity index (χ4v) is 2.70. The Hall–Kier alpha value is -2.68. The maximum absolute atomic E-state index is 5.75. The molecule has 0 amide bonds. The van der Waals surface area contributed by atoms with Gasteiger partial charge >= 0.3 is 0 Å². The van der Waals surface area contributed by atoms with Gasteiger partial charge in [0.1, 0.15) is 6.61 Å². The van der Waals surface area contributed by atoms with E-state index >= 15 is 0 Å². The van der Waals surface area contributed by atoms with Crippen LogP contribution in [-0.2, 0) is 19.4 Å². The molecular formula is C22H24N2O. The summed E-state index contributed by atoms with van der Waals surface area (Å²) in [7, 11) is 0. The lowest BCUT2D eigenvalue weighted by molar-refractivity contribution is 0.292. The average molecular weight is 332 g/mol. The Morgan fingerprint density at radius 3 is 2.04 bits per heavy atom. The number of ether oxygens (including phenoxy) is 1. The van der Waals surface area contributed by atoms with Crippen molar-refractivity contribution in [2.75, 3.05) is 0 Å². The van der Waals surface area contributed by atoms with Gasteiger partial charge in [-0.1, -0.05) is 68.8 Å². The summed E-state index contributed by atoms with van der Waals surface area (Å²) in [6, 6.07) is 17.0. The van der Waals surface area contributed by atoms with E-state index in [2.05, 4.69) is 72.3 Å². The molecule has 1 aromatic heterocycles. The van der Waals surface area contributed by atoms with Crippen molar-refractivity contribution in [3.8, 4) is 17.1 Å². The molecule has 1 heterocycles. The third kappa shape index (κ3) is 4.66. The minimum atomic E-state index is 0.506. The zero-order valence-electron chi connectivity index (χ0n) is 14.9. The van der Waals surface area contributed by atoms with Crippen LogP contribution in [-0.4, -0.2) is 9.97 Å². The second-order valence-electron chi connectivity index (χ2n) is 6.15. The highest BCUT2D eigenvalue weighted by atomic mass is 16.5. The van der Waals surface area contributed by atoms with Crippen molar-refractivity contribution >= 4 is 0 Å². The summed E-state index contributed by atoms with van der Waals surface area (Å²) in [6.45, 7) is 4.85. The molecule has 0 aliphatic heterocycles. The topological polar surface area (TPSA) is 35.0 Å².